The van der Waals surface area contributed by atoms with Crippen molar-refractivity contribution < 1.29 is 19.7 Å². The summed E-state index contributed by atoms with van der Waals surface area (Å²) in [6.45, 7) is 4.19. The summed E-state index contributed by atoms with van der Waals surface area (Å²) in [6, 6.07) is 5.84. The van der Waals surface area contributed by atoms with Crippen molar-refractivity contribution in [2.75, 3.05) is 6.61 Å². The number of carboxylic acid groups (broad SMARTS) is 1. The van der Waals surface area contributed by atoms with Crippen molar-refractivity contribution >= 4 is 16.9 Å². The monoisotopic (exact) mass is 303 g/mol. The predicted molar refractivity (Wildman–Crippen MR) is 82.8 cm³/mol. The molecule has 0 aliphatic carbocycles. The van der Waals surface area contributed by atoms with E-state index in [0.29, 0.717) is 13.0 Å². The molecule has 0 saturated carbocycles. The fourth-order valence-corrected chi connectivity index (χ4v) is 3.50. The Morgan fingerprint density at radius 2 is 2.27 bits per heavy atom. The van der Waals surface area contributed by atoms with Crippen molar-refractivity contribution in [3.05, 3.63) is 35.0 Å². The van der Waals surface area contributed by atoms with Gasteiger partial charge in [-0.25, -0.2) is 0 Å². The first-order valence-electron chi connectivity index (χ1n) is 7.66. The molecule has 5 heteroatoms. The van der Waals surface area contributed by atoms with Crippen molar-refractivity contribution in [2.45, 2.75) is 44.8 Å². The van der Waals surface area contributed by atoms with Gasteiger partial charge >= 0.3 is 5.97 Å². The molecule has 3 rings (SSSR count). The average Bonchev–Trinajstić information content (AvgIpc) is 2.86. The first-order chi connectivity index (χ1) is 10.5. The molecule has 0 amide bonds. The molecule has 1 aliphatic rings. The molecule has 1 aliphatic heterocycles. The van der Waals surface area contributed by atoms with Crippen LogP contribution in [0, 0.1) is 0 Å². The molecule has 3 N–H and O–H groups in total. The number of aliphatic hydroxyl groups is 1. The molecule has 0 unspecified atom stereocenters. The number of fused-ring (bicyclic) bond motifs is 3. The van der Waals surface area contributed by atoms with E-state index in [1.54, 1.807) is 6.92 Å². The molecule has 1 aromatic carbocycles. The number of aromatic amines is 1. The van der Waals surface area contributed by atoms with Gasteiger partial charge in [0.1, 0.15) is 5.60 Å². The summed E-state index contributed by atoms with van der Waals surface area (Å²) < 4.78 is 5.91. The number of hydrogen-bond donors (Lipinski definition) is 3. The quantitative estimate of drug-likeness (QED) is 0.811. The van der Waals surface area contributed by atoms with E-state index in [-0.39, 0.29) is 6.42 Å². The third-order valence-electron chi connectivity index (χ3n) is 4.62. The summed E-state index contributed by atoms with van der Waals surface area (Å²) in [7, 11) is 0. The fraction of sp³-hybridized carbons (Fsp3) is 0.471. The minimum absolute atomic E-state index is 0.0622. The number of aromatic nitrogens is 1. The van der Waals surface area contributed by atoms with Gasteiger partial charge in [0.15, 0.2) is 0 Å². The van der Waals surface area contributed by atoms with Crippen LogP contribution in [0.5, 0.6) is 0 Å². The van der Waals surface area contributed by atoms with Crippen LogP contribution < -0.4 is 0 Å². The summed E-state index contributed by atoms with van der Waals surface area (Å²) in [5.74, 6) is -0.871. The summed E-state index contributed by atoms with van der Waals surface area (Å²) >= 11 is 0. The molecule has 2 heterocycles. The Morgan fingerprint density at radius 1 is 1.50 bits per heavy atom. The van der Waals surface area contributed by atoms with Crippen molar-refractivity contribution in [3.8, 4) is 0 Å². The van der Waals surface area contributed by atoms with Gasteiger partial charge in [0.2, 0.25) is 0 Å². The Kier molecular flexibility index (Phi) is 3.70. The molecule has 0 saturated heterocycles. The second-order valence-corrected chi connectivity index (χ2v) is 5.94. The number of H-pyrrole nitrogens is 1. The van der Waals surface area contributed by atoms with Crippen LogP contribution in [0.3, 0.4) is 0 Å². The summed E-state index contributed by atoms with van der Waals surface area (Å²) in [6.07, 6.45) is 0.691. The first kappa shape index (κ1) is 15.1. The summed E-state index contributed by atoms with van der Waals surface area (Å²) in [5, 5.41) is 20.3. The van der Waals surface area contributed by atoms with E-state index < -0.39 is 17.7 Å². The number of nitrogens with one attached hydrogen (secondary N) is 1. The van der Waals surface area contributed by atoms with E-state index in [2.05, 4.69) is 4.98 Å². The van der Waals surface area contributed by atoms with E-state index in [9.17, 15) is 15.0 Å². The molecule has 0 radical (unpaired) electrons. The molecule has 118 valence electrons. The van der Waals surface area contributed by atoms with Gasteiger partial charge in [-0.3, -0.25) is 4.79 Å². The van der Waals surface area contributed by atoms with Gasteiger partial charge in [0.05, 0.1) is 30.3 Å². The van der Waals surface area contributed by atoms with E-state index >= 15 is 0 Å². The lowest BCUT2D eigenvalue weighted by Gasteiger charge is -2.35. The molecule has 2 aromatic rings. The van der Waals surface area contributed by atoms with Crippen molar-refractivity contribution in [3.63, 3.8) is 0 Å². The number of para-hydroxylation sites is 1. The third kappa shape index (κ3) is 2.21. The Bertz CT molecular complexity index is 719. The van der Waals surface area contributed by atoms with Crippen LogP contribution in [0.1, 0.15) is 49.6 Å². The number of carboxylic acids is 1. The zero-order chi connectivity index (χ0) is 15.9. The maximum atomic E-state index is 11.3. The van der Waals surface area contributed by atoms with E-state index in [4.69, 9.17) is 4.74 Å². The predicted octanol–water partition coefficient (Wildman–Crippen LogP) is 2.87. The van der Waals surface area contributed by atoms with Gasteiger partial charge in [0, 0.05) is 10.9 Å². The van der Waals surface area contributed by atoms with Crippen LogP contribution in [0.4, 0.5) is 0 Å². The highest BCUT2D eigenvalue weighted by Crippen LogP contribution is 2.42. The zero-order valence-corrected chi connectivity index (χ0v) is 12.8. The molecule has 0 spiro atoms. The first-order valence-corrected chi connectivity index (χ1v) is 7.66. The molecule has 1 aromatic heterocycles. The largest absolute Gasteiger partial charge is 0.481 e. The highest BCUT2D eigenvalue weighted by Gasteiger charge is 2.41. The second-order valence-electron chi connectivity index (χ2n) is 5.94. The van der Waals surface area contributed by atoms with Gasteiger partial charge in [-0.15, -0.1) is 0 Å². The number of carbonyl (C=O) groups is 1. The van der Waals surface area contributed by atoms with Gasteiger partial charge in [0.25, 0.3) is 0 Å². The number of benzene rings is 1. The molecular weight excluding hydrogens is 282 g/mol. The van der Waals surface area contributed by atoms with Gasteiger partial charge in [-0.1, -0.05) is 25.1 Å². The maximum absolute atomic E-state index is 11.3. The van der Waals surface area contributed by atoms with Crippen LogP contribution in [-0.4, -0.2) is 27.8 Å². The Morgan fingerprint density at radius 3 is 2.91 bits per heavy atom. The van der Waals surface area contributed by atoms with Crippen molar-refractivity contribution in [1.82, 2.24) is 4.98 Å². The standard InChI is InChI=1S/C17H21NO4/c1-3-17(9-14(20)21)16-13(7-8-22-17)12-6-4-5-11(10(2)19)15(12)18-16/h4-6,10,18-19H,3,7-9H2,1-2H3,(H,20,21)/t10-,17-/m1/s1. The highest BCUT2D eigenvalue weighted by atomic mass is 16.5. The Hall–Kier alpha value is -1.85. The minimum atomic E-state index is -0.871. The fourth-order valence-electron chi connectivity index (χ4n) is 3.50. The molecule has 2 atom stereocenters. The van der Waals surface area contributed by atoms with Gasteiger partial charge in [-0.05, 0) is 25.3 Å². The second kappa shape index (κ2) is 5.41. The number of aliphatic hydroxyl groups excluding tert-OH is 1. The number of rotatable bonds is 4. The van der Waals surface area contributed by atoms with Crippen LogP contribution in [0.25, 0.3) is 10.9 Å². The smallest absolute Gasteiger partial charge is 0.306 e. The summed E-state index contributed by atoms with van der Waals surface area (Å²) in [4.78, 5) is 14.7. The molecule has 0 bridgehead atoms. The van der Waals surface area contributed by atoms with Gasteiger partial charge < -0.3 is 19.9 Å². The number of hydrogen-bond acceptors (Lipinski definition) is 3. The Labute approximate surface area is 128 Å². The van der Waals surface area contributed by atoms with Crippen LogP contribution in [0.15, 0.2) is 18.2 Å². The van der Waals surface area contributed by atoms with E-state index in [1.165, 1.54) is 0 Å². The number of ether oxygens (including phenoxy) is 1. The molecule has 0 fully saturated rings. The van der Waals surface area contributed by atoms with E-state index in [1.807, 2.05) is 25.1 Å². The third-order valence-corrected chi connectivity index (χ3v) is 4.62. The minimum Gasteiger partial charge on any atom is -0.481 e. The lowest BCUT2D eigenvalue weighted by Crippen LogP contribution is -2.37. The van der Waals surface area contributed by atoms with Crippen molar-refractivity contribution in [2.24, 2.45) is 0 Å². The van der Waals surface area contributed by atoms with Gasteiger partial charge in [-0.2, -0.15) is 0 Å². The molecular formula is C17H21NO4. The van der Waals surface area contributed by atoms with Crippen molar-refractivity contribution in [1.29, 1.82) is 0 Å². The van der Waals surface area contributed by atoms with Crippen LogP contribution >= 0.6 is 0 Å². The van der Waals surface area contributed by atoms with Crippen LogP contribution in [0.2, 0.25) is 0 Å². The molecule has 22 heavy (non-hydrogen) atoms. The Balaban J connectivity index is 2.25. The normalized spacial score (nSPS) is 22.5. The highest BCUT2D eigenvalue weighted by molar-refractivity contribution is 5.88. The lowest BCUT2D eigenvalue weighted by atomic mass is 9.86. The topological polar surface area (TPSA) is 82.5 Å². The zero-order valence-electron chi connectivity index (χ0n) is 12.8. The lowest BCUT2D eigenvalue weighted by molar-refractivity contribution is -0.148. The van der Waals surface area contributed by atoms with Crippen LogP contribution in [-0.2, 0) is 21.6 Å². The molecule has 5 nitrogen and oxygen atoms in total. The maximum Gasteiger partial charge on any atom is 0.306 e. The average molecular weight is 303 g/mol. The van der Waals surface area contributed by atoms with E-state index in [0.717, 1.165) is 34.1 Å². The SMILES string of the molecule is CC[C@]1(CC(=O)O)OCCc2c1[nH]c1c([C@@H](C)O)cccc21. The number of aliphatic carboxylic acids is 1. The summed E-state index contributed by atoms with van der Waals surface area (Å²) in [5.41, 5.74) is 2.87.